The zero-order valence-electron chi connectivity index (χ0n) is 9.62. The summed E-state index contributed by atoms with van der Waals surface area (Å²) in [4.78, 5) is 11.7. The van der Waals surface area contributed by atoms with Crippen LogP contribution in [-0.4, -0.2) is 36.6 Å². The third kappa shape index (κ3) is 2.76. The molecule has 2 rings (SSSR count). The standard InChI is InChI=1S/C12H14F2N2O2/c13-11(14)10(17)6-16-12(18)8-1-2-9-7(5-8)3-4-15-9/h1-2,5,10-11,15,17H,3-4,6H2,(H,16,18). The van der Waals surface area contributed by atoms with Gasteiger partial charge in [-0.15, -0.1) is 0 Å². The molecule has 0 radical (unpaired) electrons. The highest BCUT2D eigenvalue weighted by Gasteiger charge is 2.18. The average molecular weight is 256 g/mol. The van der Waals surface area contributed by atoms with Crippen molar-refractivity contribution in [2.45, 2.75) is 19.0 Å². The first-order valence-corrected chi connectivity index (χ1v) is 5.69. The van der Waals surface area contributed by atoms with Gasteiger partial charge in [0, 0.05) is 24.3 Å². The monoisotopic (exact) mass is 256 g/mol. The van der Waals surface area contributed by atoms with E-state index in [4.69, 9.17) is 5.11 Å². The number of carbonyl (C=O) groups excluding carboxylic acids is 1. The maximum atomic E-state index is 12.1. The van der Waals surface area contributed by atoms with Gasteiger partial charge in [0.05, 0.1) is 0 Å². The van der Waals surface area contributed by atoms with E-state index in [0.29, 0.717) is 5.56 Å². The summed E-state index contributed by atoms with van der Waals surface area (Å²) in [5, 5.41) is 14.3. The largest absolute Gasteiger partial charge is 0.385 e. The fourth-order valence-corrected chi connectivity index (χ4v) is 1.83. The van der Waals surface area contributed by atoms with Crippen LogP contribution < -0.4 is 10.6 Å². The van der Waals surface area contributed by atoms with Crippen molar-refractivity contribution in [2.24, 2.45) is 0 Å². The van der Waals surface area contributed by atoms with Gasteiger partial charge in [-0.05, 0) is 30.2 Å². The van der Waals surface area contributed by atoms with Crippen molar-refractivity contribution in [3.8, 4) is 0 Å². The van der Waals surface area contributed by atoms with E-state index in [1.54, 1.807) is 18.2 Å². The Labute approximate surface area is 103 Å². The zero-order valence-corrected chi connectivity index (χ0v) is 9.62. The number of anilines is 1. The number of alkyl halides is 2. The Kier molecular flexibility index (Phi) is 3.76. The predicted molar refractivity (Wildman–Crippen MR) is 63.0 cm³/mol. The third-order valence-corrected chi connectivity index (χ3v) is 2.84. The van der Waals surface area contributed by atoms with Gasteiger partial charge in [-0.25, -0.2) is 8.78 Å². The van der Waals surface area contributed by atoms with Crippen LogP contribution in [0.2, 0.25) is 0 Å². The zero-order chi connectivity index (χ0) is 13.1. The minimum Gasteiger partial charge on any atom is -0.385 e. The minimum atomic E-state index is -2.85. The van der Waals surface area contributed by atoms with Gasteiger partial charge in [-0.3, -0.25) is 4.79 Å². The molecule has 1 unspecified atom stereocenters. The first-order valence-electron chi connectivity index (χ1n) is 5.69. The van der Waals surface area contributed by atoms with Crippen LogP contribution in [0.15, 0.2) is 18.2 Å². The number of carbonyl (C=O) groups is 1. The molecule has 18 heavy (non-hydrogen) atoms. The molecule has 4 nitrogen and oxygen atoms in total. The molecule has 98 valence electrons. The third-order valence-electron chi connectivity index (χ3n) is 2.84. The van der Waals surface area contributed by atoms with Crippen LogP contribution >= 0.6 is 0 Å². The highest BCUT2D eigenvalue weighted by atomic mass is 19.3. The number of fused-ring (bicyclic) bond motifs is 1. The molecule has 0 spiro atoms. The molecule has 1 aliphatic heterocycles. The lowest BCUT2D eigenvalue weighted by molar-refractivity contribution is -0.00270. The van der Waals surface area contributed by atoms with E-state index in [9.17, 15) is 13.6 Å². The molecular weight excluding hydrogens is 242 g/mol. The Morgan fingerprint density at radius 2 is 2.28 bits per heavy atom. The molecule has 1 atom stereocenters. The molecular formula is C12H14F2N2O2. The van der Waals surface area contributed by atoms with Crippen LogP contribution in [0.4, 0.5) is 14.5 Å². The maximum Gasteiger partial charge on any atom is 0.265 e. The molecule has 1 heterocycles. The Morgan fingerprint density at radius 3 is 3.00 bits per heavy atom. The van der Waals surface area contributed by atoms with E-state index >= 15 is 0 Å². The minimum absolute atomic E-state index is 0.416. The Bertz CT molecular complexity index is 452. The molecule has 0 aromatic heterocycles. The molecule has 0 aliphatic carbocycles. The summed E-state index contributed by atoms with van der Waals surface area (Å²) >= 11 is 0. The average Bonchev–Trinajstić information content (AvgIpc) is 2.82. The van der Waals surface area contributed by atoms with E-state index < -0.39 is 25.0 Å². The molecule has 6 heteroatoms. The van der Waals surface area contributed by atoms with Crippen molar-refractivity contribution in [1.82, 2.24) is 5.32 Å². The van der Waals surface area contributed by atoms with Crippen molar-refractivity contribution in [3.63, 3.8) is 0 Å². The number of aliphatic hydroxyl groups is 1. The fourth-order valence-electron chi connectivity index (χ4n) is 1.83. The van der Waals surface area contributed by atoms with E-state index in [1.807, 2.05) is 0 Å². The van der Waals surface area contributed by atoms with Gasteiger partial charge >= 0.3 is 0 Å². The summed E-state index contributed by atoms with van der Waals surface area (Å²) in [5.41, 5.74) is 2.45. The Balaban J connectivity index is 1.97. The number of benzene rings is 1. The summed E-state index contributed by atoms with van der Waals surface area (Å²) in [6.45, 7) is 0.385. The van der Waals surface area contributed by atoms with Crippen molar-refractivity contribution < 1.29 is 18.7 Å². The molecule has 0 bridgehead atoms. The smallest absolute Gasteiger partial charge is 0.265 e. The van der Waals surface area contributed by atoms with Crippen LogP contribution in [0, 0.1) is 0 Å². The molecule has 0 fully saturated rings. The number of halogens is 2. The number of aliphatic hydroxyl groups excluding tert-OH is 1. The predicted octanol–water partition coefficient (Wildman–Crippen LogP) is 1.01. The second-order valence-electron chi connectivity index (χ2n) is 4.16. The first-order chi connectivity index (χ1) is 8.58. The Hall–Kier alpha value is -1.69. The number of amides is 1. The van der Waals surface area contributed by atoms with Crippen LogP contribution in [0.1, 0.15) is 15.9 Å². The topological polar surface area (TPSA) is 61.4 Å². The van der Waals surface area contributed by atoms with Gasteiger partial charge in [-0.1, -0.05) is 0 Å². The van der Waals surface area contributed by atoms with Crippen molar-refractivity contribution in [1.29, 1.82) is 0 Å². The van der Waals surface area contributed by atoms with Crippen molar-refractivity contribution >= 4 is 11.6 Å². The maximum absolute atomic E-state index is 12.1. The molecule has 3 N–H and O–H groups in total. The SMILES string of the molecule is O=C(NCC(O)C(F)F)c1ccc2c(c1)CCN2. The number of hydrogen-bond donors (Lipinski definition) is 3. The second kappa shape index (κ2) is 5.30. The van der Waals surface area contributed by atoms with E-state index in [0.717, 1.165) is 24.2 Å². The van der Waals surface area contributed by atoms with Crippen LogP contribution in [-0.2, 0) is 6.42 Å². The van der Waals surface area contributed by atoms with Crippen LogP contribution in [0.3, 0.4) is 0 Å². The quantitative estimate of drug-likeness (QED) is 0.753. The van der Waals surface area contributed by atoms with Gasteiger partial charge < -0.3 is 15.7 Å². The van der Waals surface area contributed by atoms with Crippen LogP contribution in [0.5, 0.6) is 0 Å². The molecule has 1 aromatic rings. The molecule has 1 amide bonds. The van der Waals surface area contributed by atoms with Gasteiger partial charge in [0.2, 0.25) is 0 Å². The number of nitrogens with one attached hydrogen (secondary N) is 2. The first kappa shape index (κ1) is 12.8. The number of hydrogen-bond acceptors (Lipinski definition) is 3. The van der Waals surface area contributed by atoms with Crippen molar-refractivity contribution in [2.75, 3.05) is 18.4 Å². The second-order valence-corrected chi connectivity index (χ2v) is 4.16. The van der Waals surface area contributed by atoms with Crippen molar-refractivity contribution in [3.05, 3.63) is 29.3 Å². The van der Waals surface area contributed by atoms with E-state index in [1.165, 1.54) is 0 Å². The summed E-state index contributed by atoms with van der Waals surface area (Å²) in [5.74, 6) is -0.454. The van der Waals surface area contributed by atoms with Gasteiger partial charge in [0.25, 0.3) is 12.3 Å². The molecule has 1 aliphatic rings. The summed E-state index contributed by atoms with van der Waals surface area (Å²) < 4.78 is 24.1. The lowest BCUT2D eigenvalue weighted by Crippen LogP contribution is -2.35. The lowest BCUT2D eigenvalue weighted by atomic mass is 10.1. The van der Waals surface area contributed by atoms with Crippen LogP contribution in [0.25, 0.3) is 0 Å². The summed E-state index contributed by atoms with van der Waals surface area (Å²) in [6, 6.07) is 5.15. The van der Waals surface area contributed by atoms with Gasteiger partial charge in [0.1, 0.15) is 6.10 Å². The highest BCUT2D eigenvalue weighted by Crippen LogP contribution is 2.22. The normalized spacial score (nSPS) is 15.1. The summed E-state index contributed by atoms with van der Waals surface area (Å²) in [7, 11) is 0. The highest BCUT2D eigenvalue weighted by molar-refractivity contribution is 5.95. The molecule has 1 aromatic carbocycles. The molecule has 0 saturated heterocycles. The Morgan fingerprint density at radius 1 is 1.50 bits per heavy atom. The number of rotatable bonds is 4. The van der Waals surface area contributed by atoms with Gasteiger partial charge in [0.15, 0.2) is 0 Å². The van der Waals surface area contributed by atoms with E-state index in [2.05, 4.69) is 10.6 Å². The summed E-state index contributed by atoms with van der Waals surface area (Å²) in [6.07, 6.45) is -3.84. The molecule has 0 saturated carbocycles. The van der Waals surface area contributed by atoms with E-state index in [-0.39, 0.29) is 0 Å². The lowest BCUT2D eigenvalue weighted by Gasteiger charge is -2.11. The van der Waals surface area contributed by atoms with Gasteiger partial charge in [-0.2, -0.15) is 0 Å². The fraction of sp³-hybridized carbons (Fsp3) is 0.417.